The van der Waals surface area contributed by atoms with E-state index in [9.17, 15) is 13.2 Å². The topological polar surface area (TPSA) is 84.3 Å². The molecule has 0 unspecified atom stereocenters. The van der Waals surface area contributed by atoms with Gasteiger partial charge in [-0.15, -0.1) is 6.42 Å². The van der Waals surface area contributed by atoms with Crippen LogP contribution in [-0.2, 0) is 9.84 Å². The molecule has 32 heavy (non-hydrogen) atoms. The van der Waals surface area contributed by atoms with Gasteiger partial charge in [-0.25, -0.2) is 18.1 Å². The summed E-state index contributed by atoms with van der Waals surface area (Å²) in [5.74, 6) is 2.04. The van der Waals surface area contributed by atoms with Crippen LogP contribution in [0.2, 0.25) is 10.0 Å². The van der Waals surface area contributed by atoms with Crippen LogP contribution >= 0.6 is 23.2 Å². The number of carbonyl (C=O) groups is 1. The van der Waals surface area contributed by atoms with E-state index in [1.807, 2.05) is 19.1 Å². The fourth-order valence-electron chi connectivity index (χ4n) is 3.36. The van der Waals surface area contributed by atoms with Crippen molar-refractivity contribution in [1.82, 2.24) is 20.2 Å². The average molecular weight is 493 g/mol. The predicted octanol–water partition coefficient (Wildman–Crippen LogP) is 3.46. The molecule has 0 atom stereocenters. The summed E-state index contributed by atoms with van der Waals surface area (Å²) in [5.41, 5.74) is 5.34. The molecule has 3 rings (SSSR count). The summed E-state index contributed by atoms with van der Waals surface area (Å²) in [7, 11) is -3.07. The number of hydrogen-bond donors (Lipinski definition) is 1. The molecular formula is C22H22Cl2N4O3S. The van der Waals surface area contributed by atoms with Gasteiger partial charge in [-0.05, 0) is 38.1 Å². The van der Waals surface area contributed by atoms with Crippen LogP contribution in [-0.4, -0.2) is 53.7 Å². The van der Waals surface area contributed by atoms with E-state index in [0.717, 1.165) is 0 Å². The number of hydrogen-bond acceptors (Lipinski definition) is 5. The number of halogens is 2. The molecule has 0 saturated carbocycles. The average Bonchev–Trinajstić information content (AvgIpc) is 3.06. The summed E-state index contributed by atoms with van der Waals surface area (Å²) in [5, 5.41) is 6.95. The van der Waals surface area contributed by atoms with Gasteiger partial charge >= 0.3 is 0 Å². The lowest BCUT2D eigenvalue weighted by Gasteiger charge is -2.26. The first-order valence-corrected chi connectivity index (χ1v) is 12.4. The second-order valence-electron chi connectivity index (χ2n) is 7.18. The van der Waals surface area contributed by atoms with Gasteiger partial charge in [0.05, 0.1) is 27.9 Å². The normalized spacial score (nSPS) is 16.8. The van der Waals surface area contributed by atoms with Crippen LogP contribution in [0.15, 0.2) is 36.4 Å². The lowest BCUT2D eigenvalue weighted by atomic mass is 10.1. The van der Waals surface area contributed by atoms with E-state index in [1.54, 1.807) is 40.9 Å². The number of allylic oxidation sites excluding steroid dienone is 4. The molecule has 10 heteroatoms. The highest BCUT2D eigenvalue weighted by Gasteiger charge is 2.27. The van der Waals surface area contributed by atoms with E-state index in [0.29, 0.717) is 32.6 Å². The van der Waals surface area contributed by atoms with Crippen molar-refractivity contribution in [1.29, 1.82) is 0 Å². The number of rotatable bonds is 5. The lowest BCUT2D eigenvalue weighted by Crippen LogP contribution is -2.50. The standard InChI is InChI=1S/C22H22Cl2N4O3S/c1-4-6-16(7-5-2)21-15(3)20(22(29)26-27-10-12-32(30,31)13-11-27)25-28(21)19-9-8-17(23)14-18(19)24/h1,5-9,14H,10-13H2,2-3H3,(H,26,29). The Labute approximate surface area is 197 Å². The third kappa shape index (κ3) is 5.25. The highest BCUT2D eigenvalue weighted by molar-refractivity contribution is 7.91. The fraction of sp³-hybridized carbons (Fsp3) is 0.273. The summed E-state index contributed by atoms with van der Waals surface area (Å²) in [4.78, 5) is 13.1. The van der Waals surface area contributed by atoms with Gasteiger partial charge in [0.1, 0.15) is 0 Å². The number of nitrogens with zero attached hydrogens (tertiary/aromatic N) is 3. The Balaban J connectivity index is 2.07. The van der Waals surface area contributed by atoms with Crippen molar-refractivity contribution in [2.24, 2.45) is 0 Å². The molecule has 1 saturated heterocycles. The SMILES string of the molecule is C#CC=C(C=CC)c1c(C)c(C(=O)NN2CCS(=O)(=O)CC2)nn1-c1ccc(Cl)cc1Cl. The van der Waals surface area contributed by atoms with Gasteiger partial charge in [-0.2, -0.15) is 5.10 Å². The van der Waals surface area contributed by atoms with Crippen molar-refractivity contribution in [2.45, 2.75) is 13.8 Å². The molecule has 1 aliphatic heterocycles. The van der Waals surface area contributed by atoms with Gasteiger partial charge < -0.3 is 0 Å². The smallest absolute Gasteiger partial charge is 0.283 e. The highest BCUT2D eigenvalue weighted by Crippen LogP contribution is 2.31. The molecule has 0 spiro atoms. The number of aromatic nitrogens is 2. The van der Waals surface area contributed by atoms with E-state index in [-0.39, 0.29) is 30.3 Å². The molecular weight excluding hydrogens is 471 g/mol. The van der Waals surface area contributed by atoms with Crippen LogP contribution in [0.25, 0.3) is 11.3 Å². The third-order valence-electron chi connectivity index (χ3n) is 4.94. The Bertz CT molecular complexity index is 1240. The number of nitrogens with one attached hydrogen (secondary N) is 1. The summed E-state index contributed by atoms with van der Waals surface area (Å²) in [6.07, 6.45) is 10.8. The maximum absolute atomic E-state index is 13.1. The van der Waals surface area contributed by atoms with E-state index < -0.39 is 15.7 Å². The number of terminal acetylenes is 1. The molecule has 1 amide bonds. The molecule has 1 aliphatic rings. The number of benzene rings is 1. The number of carbonyl (C=O) groups excluding carboxylic acids is 1. The largest absolute Gasteiger partial charge is 0.286 e. The van der Waals surface area contributed by atoms with Gasteiger partial charge in [0.25, 0.3) is 5.91 Å². The summed E-state index contributed by atoms with van der Waals surface area (Å²) < 4.78 is 24.9. The minimum Gasteiger partial charge on any atom is -0.283 e. The van der Waals surface area contributed by atoms with Gasteiger partial charge in [-0.3, -0.25) is 10.2 Å². The van der Waals surface area contributed by atoms with E-state index in [1.165, 1.54) is 0 Å². The number of sulfone groups is 1. The fourth-order valence-corrected chi connectivity index (χ4v) is 5.05. The highest BCUT2D eigenvalue weighted by atomic mass is 35.5. The molecule has 0 aliphatic carbocycles. The van der Waals surface area contributed by atoms with Crippen LogP contribution in [0.5, 0.6) is 0 Å². The minimum absolute atomic E-state index is 0.0112. The molecule has 0 radical (unpaired) electrons. The maximum atomic E-state index is 13.1. The zero-order valence-corrected chi connectivity index (χ0v) is 19.9. The maximum Gasteiger partial charge on any atom is 0.286 e. The Morgan fingerprint density at radius 2 is 1.97 bits per heavy atom. The lowest BCUT2D eigenvalue weighted by molar-refractivity contribution is 0.0795. The Morgan fingerprint density at radius 1 is 1.28 bits per heavy atom. The zero-order chi connectivity index (χ0) is 23.5. The van der Waals surface area contributed by atoms with Gasteiger partial charge in [0, 0.05) is 29.2 Å². The molecule has 2 aromatic rings. The molecule has 1 aromatic heterocycles. The van der Waals surface area contributed by atoms with Crippen molar-refractivity contribution in [3.63, 3.8) is 0 Å². The van der Waals surface area contributed by atoms with Crippen molar-refractivity contribution < 1.29 is 13.2 Å². The van der Waals surface area contributed by atoms with Crippen molar-refractivity contribution in [2.75, 3.05) is 24.6 Å². The first kappa shape index (κ1) is 24.1. The van der Waals surface area contributed by atoms with Gasteiger partial charge in [-0.1, -0.05) is 41.3 Å². The van der Waals surface area contributed by atoms with Crippen LogP contribution in [0.4, 0.5) is 0 Å². The number of amides is 1. The van der Waals surface area contributed by atoms with E-state index in [2.05, 4.69) is 16.4 Å². The van der Waals surface area contributed by atoms with Gasteiger partial charge in [0.2, 0.25) is 0 Å². The summed E-state index contributed by atoms with van der Waals surface area (Å²) in [6.45, 7) is 4.05. The molecule has 0 bridgehead atoms. The molecule has 1 N–H and O–H groups in total. The number of hydrazine groups is 1. The Morgan fingerprint density at radius 3 is 2.56 bits per heavy atom. The van der Waals surface area contributed by atoms with Crippen molar-refractivity contribution in [3.05, 3.63) is 63.4 Å². The molecule has 1 fully saturated rings. The van der Waals surface area contributed by atoms with Gasteiger partial charge in [0.15, 0.2) is 15.5 Å². The first-order chi connectivity index (χ1) is 15.2. The summed E-state index contributed by atoms with van der Waals surface area (Å²) in [6, 6.07) is 4.98. The van der Waals surface area contributed by atoms with Crippen LogP contribution < -0.4 is 5.43 Å². The van der Waals surface area contributed by atoms with Crippen molar-refractivity contribution >= 4 is 44.5 Å². The monoisotopic (exact) mass is 492 g/mol. The molecule has 7 nitrogen and oxygen atoms in total. The molecule has 168 valence electrons. The molecule has 1 aromatic carbocycles. The quantitative estimate of drug-likeness (QED) is 0.510. The second kappa shape index (κ2) is 9.92. The molecule has 2 heterocycles. The third-order valence-corrected chi connectivity index (χ3v) is 7.08. The van der Waals surface area contributed by atoms with E-state index in [4.69, 9.17) is 29.6 Å². The van der Waals surface area contributed by atoms with E-state index >= 15 is 0 Å². The first-order valence-electron chi connectivity index (χ1n) is 9.77. The van der Waals surface area contributed by atoms with Crippen LogP contribution in [0, 0.1) is 19.3 Å². The van der Waals surface area contributed by atoms with Crippen LogP contribution in [0.3, 0.4) is 0 Å². The summed E-state index contributed by atoms with van der Waals surface area (Å²) >= 11 is 12.5. The van der Waals surface area contributed by atoms with Crippen molar-refractivity contribution in [3.8, 4) is 18.0 Å². The minimum atomic E-state index is -3.07. The van der Waals surface area contributed by atoms with Crippen LogP contribution in [0.1, 0.15) is 28.7 Å². The Hall–Kier alpha value is -2.57. The zero-order valence-electron chi connectivity index (χ0n) is 17.6. The predicted molar refractivity (Wildman–Crippen MR) is 128 cm³/mol. The Kier molecular flexibility index (Phi) is 7.47. The second-order valence-corrected chi connectivity index (χ2v) is 10.3.